The van der Waals surface area contributed by atoms with E-state index in [1.165, 1.54) is 0 Å². The van der Waals surface area contributed by atoms with Gasteiger partial charge in [0.1, 0.15) is 6.04 Å². The van der Waals surface area contributed by atoms with Crippen molar-refractivity contribution in [3.8, 4) is 0 Å². The molecule has 0 spiro atoms. The standard InChI is InChI=1S/C11H23NO3/c1-5-11(6-2,8-13)12-9(4)10(14)15-7-3/h9,12-13H,5-8H2,1-4H3. The first-order valence-corrected chi connectivity index (χ1v) is 5.60. The molecular weight excluding hydrogens is 194 g/mol. The zero-order valence-electron chi connectivity index (χ0n) is 10.2. The van der Waals surface area contributed by atoms with Crippen molar-refractivity contribution in [2.24, 2.45) is 0 Å². The largest absolute Gasteiger partial charge is 0.465 e. The van der Waals surface area contributed by atoms with Gasteiger partial charge in [-0.05, 0) is 26.7 Å². The molecule has 4 nitrogen and oxygen atoms in total. The van der Waals surface area contributed by atoms with Gasteiger partial charge in [0, 0.05) is 5.54 Å². The first kappa shape index (κ1) is 14.4. The molecule has 0 aromatic heterocycles. The summed E-state index contributed by atoms with van der Waals surface area (Å²) in [7, 11) is 0. The minimum Gasteiger partial charge on any atom is -0.465 e. The third kappa shape index (κ3) is 4.18. The maximum absolute atomic E-state index is 11.4. The maximum atomic E-state index is 11.4. The van der Waals surface area contributed by atoms with Crippen molar-refractivity contribution in [3.05, 3.63) is 0 Å². The summed E-state index contributed by atoms with van der Waals surface area (Å²) in [5.41, 5.74) is -0.369. The summed E-state index contributed by atoms with van der Waals surface area (Å²) in [6.45, 7) is 7.94. The molecular formula is C11H23NO3. The number of aliphatic hydroxyl groups excluding tert-OH is 1. The number of aliphatic hydroxyl groups is 1. The van der Waals surface area contributed by atoms with E-state index in [4.69, 9.17) is 4.74 Å². The van der Waals surface area contributed by atoms with Gasteiger partial charge in [0.05, 0.1) is 13.2 Å². The Morgan fingerprint density at radius 2 is 1.93 bits per heavy atom. The highest BCUT2D eigenvalue weighted by Crippen LogP contribution is 2.15. The topological polar surface area (TPSA) is 58.6 Å². The Bertz CT molecular complexity index is 182. The zero-order chi connectivity index (χ0) is 11.9. The van der Waals surface area contributed by atoms with Crippen molar-refractivity contribution >= 4 is 5.97 Å². The maximum Gasteiger partial charge on any atom is 0.322 e. The van der Waals surface area contributed by atoms with Crippen molar-refractivity contribution in [1.82, 2.24) is 5.32 Å². The zero-order valence-corrected chi connectivity index (χ0v) is 10.2. The lowest BCUT2D eigenvalue weighted by Gasteiger charge is -2.33. The van der Waals surface area contributed by atoms with Crippen LogP contribution in [0, 0.1) is 0 Å². The second kappa shape index (κ2) is 6.80. The molecule has 0 bridgehead atoms. The average Bonchev–Trinajstić information content (AvgIpc) is 2.26. The predicted octanol–water partition coefficient (Wildman–Crippen LogP) is 1.08. The number of carbonyl (C=O) groups is 1. The van der Waals surface area contributed by atoms with Crippen molar-refractivity contribution < 1.29 is 14.6 Å². The molecule has 1 atom stereocenters. The molecule has 0 aromatic rings. The highest BCUT2D eigenvalue weighted by Gasteiger charge is 2.29. The molecule has 0 aromatic carbocycles. The third-order valence-corrected chi connectivity index (χ3v) is 2.82. The number of hydrogen-bond donors (Lipinski definition) is 2. The number of ether oxygens (including phenoxy) is 1. The van der Waals surface area contributed by atoms with E-state index in [-0.39, 0.29) is 24.2 Å². The van der Waals surface area contributed by atoms with Gasteiger partial charge in [-0.3, -0.25) is 10.1 Å². The molecule has 0 aliphatic heterocycles. The minimum absolute atomic E-state index is 0.0315. The van der Waals surface area contributed by atoms with Crippen LogP contribution in [0.1, 0.15) is 40.5 Å². The van der Waals surface area contributed by atoms with E-state index in [0.717, 1.165) is 12.8 Å². The second-order valence-electron chi connectivity index (χ2n) is 3.76. The van der Waals surface area contributed by atoms with Crippen LogP contribution < -0.4 is 5.32 Å². The van der Waals surface area contributed by atoms with Crippen LogP contribution in [0.3, 0.4) is 0 Å². The lowest BCUT2D eigenvalue weighted by molar-refractivity contribution is -0.146. The van der Waals surface area contributed by atoms with Gasteiger partial charge in [0.2, 0.25) is 0 Å². The molecule has 0 heterocycles. The Kier molecular flexibility index (Phi) is 6.52. The van der Waals surface area contributed by atoms with Gasteiger partial charge in [-0.15, -0.1) is 0 Å². The first-order chi connectivity index (χ1) is 7.05. The van der Waals surface area contributed by atoms with Gasteiger partial charge in [-0.25, -0.2) is 0 Å². The van der Waals surface area contributed by atoms with Crippen molar-refractivity contribution in [1.29, 1.82) is 0 Å². The third-order valence-electron chi connectivity index (χ3n) is 2.82. The lowest BCUT2D eigenvalue weighted by atomic mass is 9.93. The molecule has 0 saturated carbocycles. The van der Waals surface area contributed by atoms with Gasteiger partial charge in [-0.2, -0.15) is 0 Å². The van der Waals surface area contributed by atoms with Crippen LogP contribution in [0.4, 0.5) is 0 Å². The van der Waals surface area contributed by atoms with E-state index in [0.29, 0.717) is 6.61 Å². The normalized spacial score (nSPS) is 13.7. The fourth-order valence-corrected chi connectivity index (χ4v) is 1.51. The molecule has 0 radical (unpaired) electrons. The minimum atomic E-state index is -0.378. The van der Waals surface area contributed by atoms with E-state index in [9.17, 15) is 9.90 Å². The second-order valence-corrected chi connectivity index (χ2v) is 3.76. The van der Waals surface area contributed by atoms with Crippen LogP contribution in [0.25, 0.3) is 0 Å². The Morgan fingerprint density at radius 1 is 1.40 bits per heavy atom. The van der Waals surface area contributed by atoms with Gasteiger partial charge < -0.3 is 9.84 Å². The van der Waals surface area contributed by atoms with E-state index >= 15 is 0 Å². The molecule has 0 fully saturated rings. The molecule has 0 aliphatic rings. The number of nitrogens with one attached hydrogen (secondary N) is 1. The lowest BCUT2D eigenvalue weighted by Crippen LogP contribution is -2.54. The monoisotopic (exact) mass is 217 g/mol. The Morgan fingerprint density at radius 3 is 2.27 bits per heavy atom. The van der Waals surface area contributed by atoms with E-state index in [1.54, 1.807) is 13.8 Å². The van der Waals surface area contributed by atoms with Crippen LogP contribution in [-0.4, -0.2) is 35.9 Å². The molecule has 0 amide bonds. The van der Waals surface area contributed by atoms with Crippen LogP contribution in [-0.2, 0) is 9.53 Å². The highest BCUT2D eigenvalue weighted by molar-refractivity contribution is 5.75. The summed E-state index contributed by atoms with van der Waals surface area (Å²) < 4.78 is 4.90. The van der Waals surface area contributed by atoms with Crippen molar-refractivity contribution in [2.45, 2.75) is 52.1 Å². The van der Waals surface area contributed by atoms with E-state index < -0.39 is 0 Å². The summed E-state index contributed by atoms with van der Waals surface area (Å²) in [6, 6.07) is -0.378. The van der Waals surface area contributed by atoms with Crippen LogP contribution in [0.15, 0.2) is 0 Å². The van der Waals surface area contributed by atoms with Gasteiger partial charge >= 0.3 is 5.97 Å². The summed E-state index contributed by atoms with van der Waals surface area (Å²) in [4.78, 5) is 11.4. The van der Waals surface area contributed by atoms with Crippen LogP contribution >= 0.6 is 0 Å². The molecule has 4 heteroatoms. The van der Waals surface area contributed by atoms with Gasteiger partial charge in [0.25, 0.3) is 0 Å². The molecule has 0 rings (SSSR count). The summed E-state index contributed by atoms with van der Waals surface area (Å²) >= 11 is 0. The first-order valence-electron chi connectivity index (χ1n) is 5.60. The quantitative estimate of drug-likeness (QED) is 0.626. The fraction of sp³-hybridized carbons (Fsp3) is 0.909. The van der Waals surface area contributed by atoms with Gasteiger partial charge in [-0.1, -0.05) is 13.8 Å². The molecule has 15 heavy (non-hydrogen) atoms. The van der Waals surface area contributed by atoms with Crippen LogP contribution in [0.5, 0.6) is 0 Å². The van der Waals surface area contributed by atoms with E-state index in [2.05, 4.69) is 5.32 Å². The molecule has 0 aliphatic carbocycles. The van der Waals surface area contributed by atoms with E-state index in [1.807, 2.05) is 13.8 Å². The average molecular weight is 217 g/mol. The fourth-order valence-electron chi connectivity index (χ4n) is 1.51. The number of rotatable bonds is 7. The predicted molar refractivity (Wildman–Crippen MR) is 59.6 cm³/mol. The molecule has 0 saturated heterocycles. The molecule has 90 valence electrons. The highest BCUT2D eigenvalue weighted by atomic mass is 16.5. The van der Waals surface area contributed by atoms with Crippen LogP contribution in [0.2, 0.25) is 0 Å². The smallest absolute Gasteiger partial charge is 0.322 e. The Hall–Kier alpha value is -0.610. The Balaban J connectivity index is 4.34. The SMILES string of the molecule is CCOC(=O)C(C)NC(CC)(CC)CO. The van der Waals surface area contributed by atoms with Crippen molar-refractivity contribution in [2.75, 3.05) is 13.2 Å². The number of hydrogen-bond acceptors (Lipinski definition) is 4. The molecule has 2 N–H and O–H groups in total. The molecule has 1 unspecified atom stereocenters. The summed E-state index contributed by atoms with van der Waals surface area (Å²) in [5, 5.41) is 12.5. The summed E-state index contributed by atoms with van der Waals surface area (Å²) in [6.07, 6.45) is 1.56. The number of esters is 1. The Labute approximate surface area is 92.0 Å². The van der Waals surface area contributed by atoms with Crippen molar-refractivity contribution in [3.63, 3.8) is 0 Å². The van der Waals surface area contributed by atoms with Gasteiger partial charge in [0.15, 0.2) is 0 Å². The number of carbonyl (C=O) groups excluding carboxylic acids is 1. The summed E-state index contributed by atoms with van der Waals surface area (Å²) in [5.74, 6) is -0.266.